The average Bonchev–Trinajstić information content (AvgIpc) is 3.77. The van der Waals surface area contributed by atoms with Gasteiger partial charge in [-0.15, -0.1) is 0 Å². The number of hydrogen-bond acceptors (Lipinski definition) is 7. The van der Waals surface area contributed by atoms with E-state index < -0.39 is 61.9 Å². The molecule has 0 saturated carbocycles. The summed E-state index contributed by atoms with van der Waals surface area (Å²) in [5.41, 5.74) is 0.663. The van der Waals surface area contributed by atoms with Crippen LogP contribution in [0.1, 0.15) is 74.9 Å². The number of alkyl carbamates (subject to hydrolysis) is 1. The summed E-state index contributed by atoms with van der Waals surface area (Å²) in [6.45, 7) is 3.62. The predicted molar refractivity (Wildman–Crippen MR) is 179 cm³/mol. The van der Waals surface area contributed by atoms with E-state index in [1.807, 2.05) is 26.1 Å². The van der Waals surface area contributed by atoms with Crippen LogP contribution in [-0.4, -0.2) is 73.0 Å². The van der Waals surface area contributed by atoms with Crippen molar-refractivity contribution < 1.29 is 40.7 Å². The smallest absolute Gasteiger partial charge is 0.407 e. The first-order valence-electron chi connectivity index (χ1n) is 15.7. The maximum Gasteiger partial charge on any atom is 0.407 e. The van der Waals surface area contributed by atoms with Gasteiger partial charge in [-0.2, -0.15) is 19.0 Å². The molecule has 12 nitrogen and oxygen atoms in total. The van der Waals surface area contributed by atoms with E-state index in [0.29, 0.717) is 22.2 Å². The number of alkyl halides is 6. The zero-order valence-corrected chi connectivity index (χ0v) is 29.1. The van der Waals surface area contributed by atoms with Crippen molar-refractivity contribution in [3.63, 3.8) is 0 Å². The summed E-state index contributed by atoms with van der Waals surface area (Å²) >= 11 is 6.40. The highest BCUT2D eigenvalue weighted by molar-refractivity contribution is 6.32. The molecule has 0 spiro atoms. The summed E-state index contributed by atoms with van der Waals surface area (Å²) in [5.74, 6) is -1.99. The Balaban J connectivity index is 1.80. The fourth-order valence-electron chi connectivity index (χ4n) is 4.83. The number of nitrogens with one attached hydrogen (secondary N) is 3. The fourth-order valence-corrected chi connectivity index (χ4v) is 5.02. The van der Waals surface area contributed by atoms with Gasteiger partial charge in [0, 0.05) is 23.9 Å². The molecule has 2 aromatic carbocycles. The number of rotatable bonds is 13. The van der Waals surface area contributed by atoms with Gasteiger partial charge in [0.15, 0.2) is 11.8 Å². The molecular formula is C33H36ClF6N9O3. The lowest BCUT2D eigenvalue weighted by molar-refractivity contribution is 0.0566. The molecule has 52 heavy (non-hydrogen) atoms. The van der Waals surface area contributed by atoms with Gasteiger partial charge in [-0.1, -0.05) is 50.6 Å². The molecular weight excluding hydrogens is 720 g/mol. The van der Waals surface area contributed by atoms with E-state index in [2.05, 4.69) is 20.5 Å². The van der Waals surface area contributed by atoms with Crippen molar-refractivity contribution in [1.82, 2.24) is 40.1 Å². The van der Waals surface area contributed by atoms with E-state index in [0.717, 1.165) is 29.0 Å². The van der Waals surface area contributed by atoms with Crippen LogP contribution >= 0.6 is 11.6 Å². The second-order valence-corrected chi connectivity index (χ2v) is 13.2. The number of benzene rings is 2. The maximum atomic E-state index is 14.4. The third-order valence-electron chi connectivity index (χ3n) is 7.65. The highest BCUT2D eigenvalue weighted by Crippen LogP contribution is 2.32. The monoisotopic (exact) mass is 755 g/mol. The molecule has 2 amide bonds. The van der Waals surface area contributed by atoms with Crippen molar-refractivity contribution in [1.29, 1.82) is 5.41 Å². The van der Waals surface area contributed by atoms with Gasteiger partial charge in [-0.3, -0.25) is 15.1 Å². The quantitative estimate of drug-likeness (QED) is 0.0723. The molecule has 0 aliphatic carbocycles. The lowest BCUT2D eigenvalue weighted by Gasteiger charge is -2.33. The maximum absolute atomic E-state index is 14.4. The van der Waals surface area contributed by atoms with E-state index in [9.17, 15) is 35.9 Å². The van der Waals surface area contributed by atoms with Gasteiger partial charge in [0.2, 0.25) is 0 Å². The third kappa shape index (κ3) is 10.0. The van der Waals surface area contributed by atoms with Crippen molar-refractivity contribution in [3.05, 3.63) is 83.2 Å². The van der Waals surface area contributed by atoms with Crippen molar-refractivity contribution in [2.24, 2.45) is 5.41 Å². The number of guanidine groups is 1. The first-order valence-corrected chi connectivity index (χ1v) is 16.1. The highest BCUT2D eigenvalue weighted by Gasteiger charge is 2.33. The molecule has 4 rings (SSSR count). The molecule has 2 atom stereocenters. The van der Waals surface area contributed by atoms with Crippen LogP contribution in [0.15, 0.2) is 61.2 Å². The molecule has 0 aliphatic heterocycles. The van der Waals surface area contributed by atoms with Gasteiger partial charge in [0.1, 0.15) is 12.9 Å². The van der Waals surface area contributed by atoms with Crippen LogP contribution in [-0.2, 0) is 4.74 Å². The lowest BCUT2D eigenvalue weighted by atomic mass is 9.92. The summed E-state index contributed by atoms with van der Waals surface area (Å²) < 4.78 is 86.7. The molecule has 280 valence electrons. The number of halogens is 7. The predicted octanol–water partition coefficient (Wildman–Crippen LogP) is 7.64. The molecule has 2 aromatic heterocycles. The SMILES string of the molecule is C[C@@H](NC(=O)OC[C@H](c1ccc(Cl)c(-n2ncnc2C(F)F)c1)N(C(=N)NCCC(C)(C)C)C(=O)c1ccc(-c2cnn(C(F)F)c2)cc1)C(F)F. The zero-order chi connectivity index (χ0) is 38.3. The van der Waals surface area contributed by atoms with Gasteiger partial charge in [0.25, 0.3) is 18.8 Å². The summed E-state index contributed by atoms with van der Waals surface area (Å²) in [6, 6.07) is 6.80. The van der Waals surface area contributed by atoms with Crippen molar-refractivity contribution in [2.75, 3.05) is 13.2 Å². The molecule has 0 fully saturated rings. The van der Waals surface area contributed by atoms with Crippen LogP contribution in [0, 0.1) is 10.8 Å². The van der Waals surface area contributed by atoms with Crippen LogP contribution < -0.4 is 10.6 Å². The van der Waals surface area contributed by atoms with Crippen LogP contribution in [0.5, 0.6) is 0 Å². The summed E-state index contributed by atoms with van der Waals surface area (Å²) in [7, 11) is 0. The standard InChI is InChI=1S/C33H36ClF6N9O3/c1-18(26(35)36)46-32(51)52-16-25(21-9-10-23(34)24(13-21)49-28(27(37)38)43-17-45-49)48(31(41)42-12-11-33(2,3)4)29(50)20-7-5-19(6-8-20)22-14-44-47(15-22)30(39)40/h5-10,13-15,17-18,25-27,30H,11-12,16H2,1-4H3,(H2,41,42)(H,46,51)/t18-,25-/m1/s1. The van der Waals surface area contributed by atoms with Gasteiger partial charge >= 0.3 is 12.6 Å². The minimum Gasteiger partial charge on any atom is -0.447 e. The van der Waals surface area contributed by atoms with Gasteiger partial charge in [-0.25, -0.2) is 36.7 Å². The molecule has 0 radical (unpaired) electrons. The Bertz CT molecular complexity index is 1850. The molecule has 0 aliphatic rings. The molecule has 0 saturated heterocycles. The summed E-state index contributed by atoms with van der Waals surface area (Å²) in [5, 5.41) is 21.3. The first kappa shape index (κ1) is 39.7. The van der Waals surface area contributed by atoms with Crippen LogP contribution in [0.3, 0.4) is 0 Å². The number of hydrogen-bond donors (Lipinski definition) is 3. The molecule has 0 unspecified atom stereocenters. The van der Waals surface area contributed by atoms with Crippen LogP contribution in [0.4, 0.5) is 31.1 Å². The van der Waals surface area contributed by atoms with Gasteiger partial charge in [-0.05, 0) is 54.2 Å². The topological polar surface area (TPSA) is 143 Å². The largest absolute Gasteiger partial charge is 0.447 e. The Kier molecular flexibility index (Phi) is 12.9. The van der Waals surface area contributed by atoms with Crippen LogP contribution in [0.2, 0.25) is 5.02 Å². The number of aromatic nitrogens is 5. The molecule has 0 bridgehead atoms. The average molecular weight is 756 g/mol. The number of nitrogens with zero attached hydrogens (tertiary/aromatic N) is 6. The number of carbonyl (C=O) groups is 2. The minimum absolute atomic E-state index is 0.0126. The Morgan fingerprint density at radius 1 is 1.02 bits per heavy atom. The van der Waals surface area contributed by atoms with E-state index in [4.69, 9.17) is 21.7 Å². The molecule has 3 N–H and O–H groups in total. The molecule has 4 aromatic rings. The summed E-state index contributed by atoms with van der Waals surface area (Å²) in [4.78, 5) is 31.5. The van der Waals surface area contributed by atoms with E-state index >= 15 is 0 Å². The number of carbonyl (C=O) groups excluding carboxylic acids is 2. The first-order chi connectivity index (χ1) is 24.5. The van der Waals surface area contributed by atoms with Gasteiger partial charge < -0.3 is 15.4 Å². The van der Waals surface area contributed by atoms with Gasteiger partial charge in [0.05, 0.1) is 29.0 Å². The second-order valence-electron chi connectivity index (χ2n) is 12.7. The van der Waals surface area contributed by atoms with Crippen LogP contribution in [0.25, 0.3) is 16.8 Å². The van der Waals surface area contributed by atoms with Crippen molar-refractivity contribution in [3.8, 4) is 16.8 Å². The normalized spacial score (nSPS) is 13.0. The third-order valence-corrected chi connectivity index (χ3v) is 7.97. The number of amides is 2. The number of ether oxygens (including phenoxy) is 1. The molecule has 19 heteroatoms. The Hall–Kier alpha value is -5.13. The molecule has 2 heterocycles. The van der Waals surface area contributed by atoms with E-state index in [-0.39, 0.29) is 33.8 Å². The summed E-state index contributed by atoms with van der Waals surface area (Å²) in [6.07, 6.45) is -3.41. The van der Waals surface area contributed by atoms with E-state index in [1.165, 1.54) is 48.7 Å². The zero-order valence-electron chi connectivity index (χ0n) is 28.3. The van der Waals surface area contributed by atoms with Crippen molar-refractivity contribution in [2.45, 2.75) is 65.6 Å². The lowest BCUT2D eigenvalue weighted by Crippen LogP contribution is -2.49. The fraction of sp³-hybridized carbons (Fsp3) is 0.394. The Labute approximate surface area is 299 Å². The van der Waals surface area contributed by atoms with Crippen molar-refractivity contribution >= 4 is 29.6 Å². The van der Waals surface area contributed by atoms with E-state index in [1.54, 1.807) is 0 Å². The second kappa shape index (κ2) is 16.9. The highest BCUT2D eigenvalue weighted by atomic mass is 35.5. The minimum atomic E-state index is -3.05. The Morgan fingerprint density at radius 3 is 2.31 bits per heavy atom. The Morgan fingerprint density at radius 2 is 1.71 bits per heavy atom.